The van der Waals surface area contributed by atoms with Crippen molar-refractivity contribution in [1.82, 2.24) is 4.90 Å². The average molecular weight is 264 g/mol. The quantitative estimate of drug-likeness (QED) is 0.611. The molecule has 104 valence electrons. The topological polar surface area (TPSA) is 80.0 Å². The lowest BCUT2D eigenvalue weighted by atomic mass is 10.3. The van der Waals surface area contributed by atoms with Crippen LogP contribution in [0.3, 0.4) is 0 Å². The number of guanidine groups is 1. The van der Waals surface area contributed by atoms with Gasteiger partial charge in [-0.25, -0.2) is 0 Å². The summed E-state index contributed by atoms with van der Waals surface area (Å²) in [5.41, 5.74) is 6.49. The molecule has 1 amide bonds. The van der Waals surface area contributed by atoms with E-state index in [1.165, 1.54) is 4.90 Å². The van der Waals surface area contributed by atoms with Gasteiger partial charge in [-0.2, -0.15) is 0 Å². The Hall–Kier alpha value is -2.24. The van der Waals surface area contributed by atoms with Crippen molar-refractivity contribution in [2.75, 3.05) is 33.1 Å². The van der Waals surface area contributed by atoms with Crippen molar-refractivity contribution in [3.63, 3.8) is 0 Å². The second-order valence-electron chi connectivity index (χ2n) is 4.13. The van der Waals surface area contributed by atoms with Crippen LogP contribution in [0.2, 0.25) is 0 Å². The Morgan fingerprint density at radius 3 is 2.74 bits per heavy atom. The standard InChI is InChI=1S/C13H20N4O2/c1-17(2)12(18)8-9-15-13(14)16-10-6-4-5-7-11(10)19-3/h4-7H,8-9H2,1-3H3,(H3,14,15,16). The van der Waals surface area contributed by atoms with Crippen molar-refractivity contribution in [1.29, 1.82) is 0 Å². The van der Waals surface area contributed by atoms with E-state index in [1.807, 2.05) is 24.3 Å². The number of carbonyl (C=O) groups excluding carboxylic acids is 1. The molecule has 1 rings (SSSR count). The van der Waals surface area contributed by atoms with E-state index in [0.717, 1.165) is 5.69 Å². The summed E-state index contributed by atoms with van der Waals surface area (Å²) in [6, 6.07) is 7.40. The number of para-hydroxylation sites is 2. The summed E-state index contributed by atoms with van der Waals surface area (Å²) < 4.78 is 5.19. The summed E-state index contributed by atoms with van der Waals surface area (Å²) in [6.07, 6.45) is 0.335. The van der Waals surface area contributed by atoms with Crippen LogP contribution in [0.25, 0.3) is 0 Å². The Balaban J connectivity index is 2.54. The van der Waals surface area contributed by atoms with Gasteiger partial charge in [0, 0.05) is 20.5 Å². The predicted molar refractivity (Wildman–Crippen MR) is 76.4 cm³/mol. The van der Waals surface area contributed by atoms with Gasteiger partial charge in [-0.15, -0.1) is 0 Å². The summed E-state index contributed by atoms with van der Waals surface area (Å²) in [5, 5.41) is 2.94. The van der Waals surface area contributed by atoms with E-state index in [1.54, 1.807) is 21.2 Å². The molecule has 0 spiro atoms. The monoisotopic (exact) mass is 264 g/mol. The zero-order valence-corrected chi connectivity index (χ0v) is 11.5. The Morgan fingerprint density at radius 2 is 2.11 bits per heavy atom. The number of ether oxygens (including phenoxy) is 1. The van der Waals surface area contributed by atoms with Gasteiger partial charge in [0.1, 0.15) is 5.75 Å². The highest BCUT2D eigenvalue weighted by molar-refractivity contribution is 5.93. The molecular formula is C13H20N4O2. The van der Waals surface area contributed by atoms with Gasteiger partial charge in [0.25, 0.3) is 0 Å². The minimum atomic E-state index is 0.0221. The van der Waals surface area contributed by atoms with Gasteiger partial charge in [-0.3, -0.25) is 9.79 Å². The summed E-state index contributed by atoms with van der Waals surface area (Å²) in [4.78, 5) is 17.0. The van der Waals surface area contributed by atoms with Crippen LogP contribution >= 0.6 is 0 Å². The van der Waals surface area contributed by atoms with Crippen LogP contribution in [0.15, 0.2) is 29.3 Å². The summed E-state index contributed by atoms with van der Waals surface area (Å²) in [5.74, 6) is 0.968. The second-order valence-corrected chi connectivity index (χ2v) is 4.13. The van der Waals surface area contributed by atoms with Crippen molar-refractivity contribution >= 4 is 17.6 Å². The molecule has 0 radical (unpaired) electrons. The maximum absolute atomic E-state index is 11.4. The highest BCUT2D eigenvalue weighted by Crippen LogP contribution is 2.22. The van der Waals surface area contributed by atoms with Gasteiger partial charge in [0.2, 0.25) is 5.91 Å². The van der Waals surface area contributed by atoms with Crippen molar-refractivity contribution in [3.05, 3.63) is 24.3 Å². The molecule has 1 aromatic carbocycles. The summed E-state index contributed by atoms with van der Waals surface area (Å²) >= 11 is 0. The molecule has 19 heavy (non-hydrogen) atoms. The van der Waals surface area contributed by atoms with Crippen LogP contribution in [0.5, 0.6) is 5.75 Å². The van der Waals surface area contributed by atoms with Crippen LogP contribution in [0, 0.1) is 0 Å². The molecule has 0 aliphatic carbocycles. The first kappa shape index (κ1) is 14.8. The Morgan fingerprint density at radius 1 is 1.42 bits per heavy atom. The predicted octanol–water partition coefficient (Wildman–Crippen LogP) is 0.900. The lowest BCUT2D eigenvalue weighted by Crippen LogP contribution is -2.25. The minimum Gasteiger partial charge on any atom is -0.495 e. The van der Waals surface area contributed by atoms with Gasteiger partial charge < -0.3 is 20.7 Å². The van der Waals surface area contributed by atoms with Crippen LogP contribution in [0.1, 0.15) is 6.42 Å². The fraction of sp³-hybridized carbons (Fsp3) is 0.385. The van der Waals surface area contributed by atoms with Crippen molar-refractivity contribution < 1.29 is 9.53 Å². The molecule has 0 aliphatic heterocycles. The zero-order valence-electron chi connectivity index (χ0n) is 11.5. The largest absolute Gasteiger partial charge is 0.495 e. The van der Waals surface area contributed by atoms with E-state index in [-0.39, 0.29) is 11.9 Å². The first-order valence-electron chi connectivity index (χ1n) is 5.94. The number of hydrogen-bond donors (Lipinski definition) is 2. The molecule has 6 nitrogen and oxygen atoms in total. The van der Waals surface area contributed by atoms with Crippen molar-refractivity contribution in [2.45, 2.75) is 6.42 Å². The molecule has 0 heterocycles. The number of nitrogens with two attached hydrogens (primary N) is 1. The third-order valence-corrected chi connectivity index (χ3v) is 2.48. The van der Waals surface area contributed by atoms with E-state index < -0.39 is 0 Å². The maximum Gasteiger partial charge on any atom is 0.223 e. The highest BCUT2D eigenvalue weighted by Gasteiger charge is 2.04. The molecule has 0 saturated carbocycles. The van der Waals surface area contributed by atoms with Crippen LogP contribution in [-0.2, 0) is 4.79 Å². The third-order valence-electron chi connectivity index (χ3n) is 2.48. The normalized spacial score (nSPS) is 11.0. The van der Waals surface area contributed by atoms with E-state index in [0.29, 0.717) is 18.7 Å². The number of benzene rings is 1. The van der Waals surface area contributed by atoms with Crippen molar-refractivity contribution in [2.24, 2.45) is 10.7 Å². The summed E-state index contributed by atoms with van der Waals surface area (Å²) in [6.45, 7) is 0.352. The lowest BCUT2D eigenvalue weighted by Gasteiger charge is -2.11. The number of amides is 1. The Bertz CT molecular complexity index is 458. The third kappa shape index (κ3) is 4.87. The van der Waals surface area contributed by atoms with E-state index in [2.05, 4.69) is 10.3 Å². The number of hydrogen-bond acceptors (Lipinski definition) is 3. The van der Waals surface area contributed by atoms with Crippen molar-refractivity contribution in [3.8, 4) is 5.75 Å². The Labute approximate surface area is 113 Å². The first-order valence-corrected chi connectivity index (χ1v) is 5.94. The fourth-order valence-electron chi connectivity index (χ4n) is 1.42. The van der Waals surface area contributed by atoms with Gasteiger partial charge >= 0.3 is 0 Å². The zero-order chi connectivity index (χ0) is 14.3. The number of anilines is 1. The number of carbonyl (C=O) groups is 1. The van der Waals surface area contributed by atoms with Crippen LogP contribution in [-0.4, -0.2) is 44.5 Å². The Kier molecular flexibility index (Phi) is 5.66. The maximum atomic E-state index is 11.4. The van der Waals surface area contributed by atoms with E-state index >= 15 is 0 Å². The second kappa shape index (κ2) is 7.25. The molecule has 0 aliphatic rings. The molecule has 0 aromatic heterocycles. The number of nitrogens with zero attached hydrogens (tertiary/aromatic N) is 2. The first-order chi connectivity index (χ1) is 9.04. The molecular weight excluding hydrogens is 244 g/mol. The average Bonchev–Trinajstić information content (AvgIpc) is 2.39. The van der Waals surface area contributed by atoms with Crippen LogP contribution < -0.4 is 15.8 Å². The molecule has 0 saturated heterocycles. The fourth-order valence-corrected chi connectivity index (χ4v) is 1.42. The van der Waals surface area contributed by atoms with E-state index in [9.17, 15) is 4.79 Å². The number of rotatable bonds is 5. The molecule has 0 unspecified atom stereocenters. The van der Waals surface area contributed by atoms with Crippen LogP contribution in [0.4, 0.5) is 5.69 Å². The van der Waals surface area contributed by atoms with Gasteiger partial charge in [-0.1, -0.05) is 12.1 Å². The number of aliphatic imine (C=N–C) groups is 1. The van der Waals surface area contributed by atoms with Gasteiger partial charge in [0.05, 0.1) is 19.3 Å². The SMILES string of the molecule is COc1ccccc1NC(N)=NCCC(=O)N(C)C. The molecule has 1 aromatic rings. The highest BCUT2D eigenvalue weighted by atomic mass is 16.5. The van der Waals surface area contributed by atoms with E-state index in [4.69, 9.17) is 10.5 Å². The number of nitrogens with one attached hydrogen (secondary N) is 1. The molecule has 6 heteroatoms. The molecule has 3 N–H and O–H groups in total. The molecule has 0 bridgehead atoms. The molecule has 0 fully saturated rings. The van der Waals surface area contributed by atoms with Gasteiger partial charge in [-0.05, 0) is 12.1 Å². The summed E-state index contributed by atoms with van der Waals surface area (Å²) in [7, 11) is 5.01. The molecule has 0 atom stereocenters. The number of methoxy groups -OCH3 is 1. The van der Waals surface area contributed by atoms with Gasteiger partial charge in [0.15, 0.2) is 5.96 Å². The lowest BCUT2D eigenvalue weighted by molar-refractivity contribution is -0.128. The minimum absolute atomic E-state index is 0.0221. The smallest absolute Gasteiger partial charge is 0.223 e.